The van der Waals surface area contributed by atoms with E-state index in [9.17, 15) is 4.79 Å². The molecule has 1 N–H and O–H groups in total. The summed E-state index contributed by atoms with van der Waals surface area (Å²) in [5, 5.41) is 8.22. The monoisotopic (exact) mass is 424 g/mol. The molecule has 0 aliphatic rings. The van der Waals surface area contributed by atoms with Gasteiger partial charge in [-0.05, 0) is 66.3 Å². The summed E-state index contributed by atoms with van der Waals surface area (Å²) < 4.78 is 7.80. The summed E-state index contributed by atoms with van der Waals surface area (Å²) >= 11 is 8.95. The molecule has 0 saturated carbocycles. The van der Waals surface area contributed by atoms with Crippen molar-refractivity contribution in [1.29, 1.82) is 0 Å². The molecule has 1 aromatic heterocycles. The van der Waals surface area contributed by atoms with E-state index in [-0.39, 0.29) is 5.97 Å². The van der Waals surface area contributed by atoms with Crippen molar-refractivity contribution < 1.29 is 9.53 Å². The van der Waals surface area contributed by atoms with Crippen molar-refractivity contribution in [3.05, 3.63) is 46.2 Å². The van der Waals surface area contributed by atoms with Gasteiger partial charge in [0.25, 0.3) is 0 Å². The van der Waals surface area contributed by atoms with Gasteiger partial charge in [-0.3, -0.25) is 4.68 Å². The molecule has 25 heavy (non-hydrogen) atoms. The van der Waals surface area contributed by atoms with Gasteiger partial charge in [-0.2, -0.15) is 5.10 Å². The molecule has 1 heterocycles. The van der Waals surface area contributed by atoms with Crippen LogP contribution in [0, 0.1) is 0 Å². The molecule has 0 aliphatic carbocycles. The number of hydrogen-bond acceptors (Lipinski definition) is 4. The molecule has 134 valence electrons. The first-order chi connectivity index (χ1) is 11.9. The van der Waals surface area contributed by atoms with Crippen molar-refractivity contribution in [2.24, 2.45) is 0 Å². The maximum atomic E-state index is 11.7. The highest BCUT2D eigenvalue weighted by molar-refractivity contribution is 9.10. The highest BCUT2D eigenvalue weighted by Crippen LogP contribution is 2.17. The Bertz CT molecular complexity index is 746. The Labute approximate surface area is 161 Å². The molecule has 6 nitrogen and oxygen atoms in total. The number of hydrogen-bond donors (Lipinski definition) is 1. The number of halogens is 1. The van der Waals surface area contributed by atoms with E-state index in [0.29, 0.717) is 23.8 Å². The van der Waals surface area contributed by atoms with E-state index in [2.05, 4.69) is 26.3 Å². The van der Waals surface area contributed by atoms with Crippen molar-refractivity contribution in [2.75, 3.05) is 19.0 Å². The van der Waals surface area contributed by atoms with E-state index in [1.807, 2.05) is 29.7 Å². The van der Waals surface area contributed by atoms with Gasteiger partial charge in [0.2, 0.25) is 0 Å². The van der Waals surface area contributed by atoms with Crippen LogP contribution < -0.4 is 5.32 Å². The molecule has 0 fully saturated rings. The largest absolute Gasteiger partial charge is 0.462 e. The maximum absolute atomic E-state index is 11.7. The van der Waals surface area contributed by atoms with Gasteiger partial charge >= 0.3 is 5.97 Å². The maximum Gasteiger partial charge on any atom is 0.338 e. The Morgan fingerprint density at radius 3 is 2.60 bits per heavy atom. The lowest BCUT2D eigenvalue weighted by molar-refractivity contribution is 0.0526. The van der Waals surface area contributed by atoms with Gasteiger partial charge in [0, 0.05) is 25.5 Å². The smallest absolute Gasteiger partial charge is 0.338 e. The number of aryl methyl sites for hydroxylation is 1. The predicted octanol–water partition coefficient (Wildman–Crippen LogP) is 3.67. The van der Waals surface area contributed by atoms with Gasteiger partial charge in [-0.25, -0.2) is 4.79 Å². The molecule has 2 rings (SSSR count). The fourth-order valence-corrected chi connectivity index (χ4v) is 2.75. The minimum Gasteiger partial charge on any atom is -0.462 e. The standard InChI is InChI=1S/C17H21BrN4O2S/c1-4-22-10-14(18)15(20-22)11-21(3)17(25)19-13-8-6-12(7-9-13)16(23)24-5-2/h6-10H,4-5,11H2,1-3H3,(H,19,25). The van der Waals surface area contributed by atoms with Crippen LogP contribution in [0.4, 0.5) is 5.69 Å². The van der Waals surface area contributed by atoms with E-state index in [4.69, 9.17) is 17.0 Å². The van der Waals surface area contributed by atoms with E-state index in [1.54, 1.807) is 31.2 Å². The van der Waals surface area contributed by atoms with Crippen molar-refractivity contribution in [2.45, 2.75) is 26.9 Å². The molecule has 0 aliphatic heterocycles. The third-order valence-corrected chi connectivity index (χ3v) is 4.57. The summed E-state index contributed by atoms with van der Waals surface area (Å²) in [7, 11) is 1.90. The molecular weight excluding hydrogens is 404 g/mol. The zero-order valence-electron chi connectivity index (χ0n) is 14.5. The summed E-state index contributed by atoms with van der Waals surface area (Å²) in [6, 6.07) is 7.02. The van der Waals surface area contributed by atoms with Gasteiger partial charge in [0.1, 0.15) is 0 Å². The molecule has 2 aromatic rings. The number of carbonyl (C=O) groups excluding carboxylic acids is 1. The quantitative estimate of drug-likeness (QED) is 0.563. The first-order valence-electron chi connectivity index (χ1n) is 7.95. The summed E-state index contributed by atoms with van der Waals surface area (Å²) in [5.74, 6) is -0.329. The van der Waals surface area contributed by atoms with Gasteiger partial charge in [-0.1, -0.05) is 0 Å². The first-order valence-corrected chi connectivity index (χ1v) is 9.15. The van der Waals surface area contributed by atoms with Crippen LogP contribution in [0.5, 0.6) is 0 Å². The van der Waals surface area contributed by atoms with E-state index >= 15 is 0 Å². The zero-order chi connectivity index (χ0) is 18.4. The zero-order valence-corrected chi connectivity index (χ0v) is 16.9. The number of ether oxygens (including phenoxy) is 1. The molecule has 0 saturated heterocycles. The van der Waals surface area contributed by atoms with Crippen molar-refractivity contribution in [3.8, 4) is 0 Å². The molecule has 1 aromatic carbocycles. The van der Waals surface area contributed by atoms with Crippen LogP contribution in [0.15, 0.2) is 34.9 Å². The number of nitrogens with one attached hydrogen (secondary N) is 1. The van der Waals surface area contributed by atoms with Crippen LogP contribution in [-0.4, -0.2) is 39.4 Å². The van der Waals surface area contributed by atoms with Crippen LogP contribution >= 0.6 is 28.1 Å². The number of thiocarbonyl (C=S) groups is 1. The first kappa shape index (κ1) is 19.4. The molecule has 0 radical (unpaired) electrons. The lowest BCUT2D eigenvalue weighted by Crippen LogP contribution is -2.30. The number of esters is 1. The average molecular weight is 425 g/mol. The van der Waals surface area contributed by atoms with Gasteiger partial charge in [0.15, 0.2) is 5.11 Å². The average Bonchev–Trinajstić information content (AvgIpc) is 2.95. The molecule has 0 amide bonds. The minimum absolute atomic E-state index is 0.329. The van der Waals surface area contributed by atoms with Crippen LogP contribution in [0.3, 0.4) is 0 Å². The molecule has 8 heteroatoms. The topological polar surface area (TPSA) is 59.4 Å². The number of carbonyl (C=O) groups is 1. The molecule has 0 unspecified atom stereocenters. The second-order valence-electron chi connectivity index (χ2n) is 5.36. The predicted molar refractivity (Wildman–Crippen MR) is 106 cm³/mol. The Balaban J connectivity index is 1.96. The fourth-order valence-electron chi connectivity index (χ4n) is 2.13. The SMILES string of the molecule is CCOC(=O)c1ccc(NC(=S)N(C)Cc2nn(CC)cc2Br)cc1. The lowest BCUT2D eigenvalue weighted by atomic mass is 10.2. The molecular formula is C17H21BrN4O2S. The molecule has 0 bridgehead atoms. The van der Waals surface area contributed by atoms with Crippen molar-refractivity contribution in [3.63, 3.8) is 0 Å². The lowest BCUT2D eigenvalue weighted by Gasteiger charge is -2.20. The summed E-state index contributed by atoms with van der Waals surface area (Å²) in [6.45, 7) is 5.58. The Hall–Kier alpha value is -1.93. The summed E-state index contributed by atoms with van der Waals surface area (Å²) in [4.78, 5) is 13.6. The number of aromatic nitrogens is 2. The molecule has 0 atom stereocenters. The highest BCUT2D eigenvalue weighted by Gasteiger charge is 2.12. The van der Waals surface area contributed by atoms with Crippen molar-refractivity contribution >= 4 is 44.9 Å². The third kappa shape index (κ3) is 5.27. The number of nitrogens with zero attached hydrogens (tertiary/aromatic N) is 3. The summed E-state index contributed by atoms with van der Waals surface area (Å²) in [6.07, 6.45) is 1.95. The van der Waals surface area contributed by atoms with E-state index in [0.717, 1.165) is 22.4 Å². The second kappa shape index (κ2) is 8.96. The second-order valence-corrected chi connectivity index (χ2v) is 6.60. The Morgan fingerprint density at radius 1 is 1.36 bits per heavy atom. The van der Waals surface area contributed by atoms with Gasteiger partial charge in [0.05, 0.1) is 28.9 Å². The van der Waals surface area contributed by atoms with Gasteiger partial charge < -0.3 is 15.0 Å². The molecule has 0 spiro atoms. The van der Waals surface area contributed by atoms with Gasteiger partial charge in [-0.15, -0.1) is 0 Å². The van der Waals surface area contributed by atoms with E-state index < -0.39 is 0 Å². The van der Waals surface area contributed by atoms with Crippen LogP contribution in [0.25, 0.3) is 0 Å². The van der Waals surface area contributed by atoms with Crippen LogP contribution in [-0.2, 0) is 17.8 Å². The fraction of sp³-hybridized carbons (Fsp3) is 0.353. The van der Waals surface area contributed by atoms with Crippen molar-refractivity contribution in [1.82, 2.24) is 14.7 Å². The van der Waals surface area contributed by atoms with Crippen LogP contribution in [0.2, 0.25) is 0 Å². The number of rotatable bonds is 6. The Kier molecular flexibility index (Phi) is 6.95. The number of anilines is 1. The Morgan fingerprint density at radius 2 is 2.04 bits per heavy atom. The highest BCUT2D eigenvalue weighted by atomic mass is 79.9. The normalized spacial score (nSPS) is 10.4. The van der Waals surface area contributed by atoms with Crippen LogP contribution in [0.1, 0.15) is 29.9 Å². The third-order valence-electron chi connectivity index (χ3n) is 3.49. The summed E-state index contributed by atoms with van der Waals surface area (Å²) in [5.41, 5.74) is 2.25. The minimum atomic E-state index is -0.329. The number of benzene rings is 1. The van der Waals surface area contributed by atoms with E-state index in [1.165, 1.54) is 0 Å².